The van der Waals surface area contributed by atoms with Crippen molar-refractivity contribution in [3.8, 4) is 5.75 Å². The van der Waals surface area contributed by atoms with Crippen LogP contribution in [0.4, 0.5) is 0 Å². The number of benzene rings is 2. The highest BCUT2D eigenvalue weighted by Crippen LogP contribution is 2.26. The Morgan fingerprint density at radius 3 is 2.75 bits per heavy atom. The Bertz CT molecular complexity index is 623. The standard InChI is InChI=1S/C16H20N2O2/c1-11(19)18-6-5-14-8-12(10-17)7-13-3-4-15(20-2)9-16(13)14/h3-4,7-9H,5-6,10,17H2,1-2H3,(H,18,19). The molecule has 2 aromatic rings. The summed E-state index contributed by atoms with van der Waals surface area (Å²) in [5.41, 5.74) is 8.02. The Hall–Kier alpha value is -2.07. The first-order valence-electron chi connectivity index (χ1n) is 6.68. The smallest absolute Gasteiger partial charge is 0.216 e. The molecular formula is C16H20N2O2. The topological polar surface area (TPSA) is 64.3 Å². The van der Waals surface area contributed by atoms with E-state index in [1.54, 1.807) is 7.11 Å². The van der Waals surface area contributed by atoms with Gasteiger partial charge in [-0.15, -0.1) is 0 Å². The van der Waals surface area contributed by atoms with E-state index in [1.165, 1.54) is 12.5 Å². The summed E-state index contributed by atoms with van der Waals surface area (Å²) in [6.45, 7) is 2.65. The van der Waals surface area contributed by atoms with Crippen LogP contribution < -0.4 is 15.8 Å². The Labute approximate surface area is 118 Å². The van der Waals surface area contributed by atoms with Crippen molar-refractivity contribution in [3.05, 3.63) is 41.5 Å². The first-order valence-corrected chi connectivity index (χ1v) is 6.68. The van der Waals surface area contributed by atoms with Crippen molar-refractivity contribution in [3.63, 3.8) is 0 Å². The Balaban J connectivity index is 2.39. The van der Waals surface area contributed by atoms with Gasteiger partial charge in [0.05, 0.1) is 7.11 Å². The Morgan fingerprint density at radius 2 is 2.10 bits per heavy atom. The molecule has 1 amide bonds. The van der Waals surface area contributed by atoms with Crippen LogP contribution in [0.3, 0.4) is 0 Å². The number of hydrogen-bond donors (Lipinski definition) is 2. The maximum Gasteiger partial charge on any atom is 0.216 e. The lowest BCUT2D eigenvalue weighted by atomic mass is 9.98. The zero-order valence-electron chi connectivity index (χ0n) is 11.9. The predicted octanol–water partition coefficient (Wildman–Crippen LogP) is 1.99. The summed E-state index contributed by atoms with van der Waals surface area (Å²) < 4.78 is 5.28. The van der Waals surface area contributed by atoms with E-state index in [1.807, 2.05) is 18.2 Å². The number of hydrogen-bond acceptors (Lipinski definition) is 3. The van der Waals surface area contributed by atoms with E-state index in [4.69, 9.17) is 10.5 Å². The van der Waals surface area contributed by atoms with Crippen LogP contribution in [0.25, 0.3) is 10.8 Å². The van der Waals surface area contributed by atoms with E-state index < -0.39 is 0 Å². The van der Waals surface area contributed by atoms with Crippen LogP contribution in [-0.2, 0) is 17.8 Å². The van der Waals surface area contributed by atoms with E-state index in [0.29, 0.717) is 13.1 Å². The van der Waals surface area contributed by atoms with Crippen LogP contribution in [0.5, 0.6) is 5.75 Å². The second-order valence-electron chi connectivity index (χ2n) is 4.78. The van der Waals surface area contributed by atoms with Gasteiger partial charge in [-0.2, -0.15) is 0 Å². The van der Waals surface area contributed by atoms with Crippen LogP contribution in [-0.4, -0.2) is 19.6 Å². The van der Waals surface area contributed by atoms with Crippen molar-refractivity contribution >= 4 is 16.7 Å². The average molecular weight is 272 g/mol. The third-order valence-corrected chi connectivity index (χ3v) is 3.31. The molecule has 0 saturated carbocycles. The van der Waals surface area contributed by atoms with Gasteiger partial charge < -0.3 is 15.8 Å². The van der Waals surface area contributed by atoms with E-state index >= 15 is 0 Å². The minimum absolute atomic E-state index is 0.0122. The number of rotatable bonds is 5. The monoisotopic (exact) mass is 272 g/mol. The van der Waals surface area contributed by atoms with E-state index in [2.05, 4.69) is 17.4 Å². The molecule has 2 aromatic carbocycles. The lowest BCUT2D eigenvalue weighted by molar-refractivity contribution is -0.118. The van der Waals surface area contributed by atoms with Gasteiger partial charge in [0.25, 0.3) is 0 Å². The van der Waals surface area contributed by atoms with Gasteiger partial charge in [0.1, 0.15) is 5.75 Å². The van der Waals surface area contributed by atoms with Gasteiger partial charge in [0, 0.05) is 20.0 Å². The molecule has 0 aromatic heterocycles. The number of fused-ring (bicyclic) bond motifs is 1. The van der Waals surface area contributed by atoms with Crippen molar-refractivity contribution < 1.29 is 9.53 Å². The lowest BCUT2D eigenvalue weighted by Gasteiger charge is -2.11. The second-order valence-corrected chi connectivity index (χ2v) is 4.78. The molecule has 2 rings (SSSR count). The number of nitrogens with one attached hydrogen (secondary N) is 1. The number of amides is 1. The molecule has 4 heteroatoms. The third-order valence-electron chi connectivity index (χ3n) is 3.31. The first-order chi connectivity index (χ1) is 9.63. The highest BCUT2D eigenvalue weighted by Gasteiger charge is 2.06. The highest BCUT2D eigenvalue weighted by molar-refractivity contribution is 5.88. The largest absolute Gasteiger partial charge is 0.497 e. The van der Waals surface area contributed by atoms with Crippen molar-refractivity contribution in [2.45, 2.75) is 19.9 Å². The maximum absolute atomic E-state index is 11.0. The van der Waals surface area contributed by atoms with Crippen molar-refractivity contribution in [2.75, 3.05) is 13.7 Å². The van der Waals surface area contributed by atoms with E-state index in [0.717, 1.165) is 28.5 Å². The number of methoxy groups -OCH3 is 1. The fourth-order valence-electron chi connectivity index (χ4n) is 2.31. The van der Waals surface area contributed by atoms with Gasteiger partial charge in [0.15, 0.2) is 0 Å². The number of ether oxygens (including phenoxy) is 1. The number of carbonyl (C=O) groups is 1. The molecule has 0 atom stereocenters. The van der Waals surface area contributed by atoms with E-state index in [9.17, 15) is 4.79 Å². The fraction of sp³-hybridized carbons (Fsp3) is 0.312. The molecule has 0 unspecified atom stereocenters. The summed E-state index contributed by atoms with van der Waals surface area (Å²) in [6.07, 6.45) is 0.775. The molecule has 0 spiro atoms. The Morgan fingerprint density at radius 1 is 1.30 bits per heavy atom. The maximum atomic E-state index is 11.0. The summed E-state index contributed by atoms with van der Waals surface area (Å²) in [5.74, 6) is 0.820. The van der Waals surface area contributed by atoms with Gasteiger partial charge in [-0.25, -0.2) is 0 Å². The summed E-state index contributed by atoms with van der Waals surface area (Å²) in [5, 5.41) is 5.11. The number of carbonyl (C=O) groups excluding carboxylic acids is 1. The second kappa shape index (κ2) is 6.39. The number of nitrogens with two attached hydrogens (primary N) is 1. The third kappa shape index (κ3) is 3.27. The van der Waals surface area contributed by atoms with Crippen molar-refractivity contribution in [2.24, 2.45) is 5.73 Å². The van der Waals surface area contributed by atoms with E-state index in [-0.39, 0.29) is 5.91 Å². The van der Waals surface area contributed by atoms with Crippen LogP contribution in [0.1, 0.15) is 18.1 Å². The molecule has 0 aliphatic rings. The zero-order valence-corrected chi connectivity index (χ0v) is 11.9. The van der Waals surface area contributed by atoms with Gasteiger partial charge in [-0.3, -0.25) is 4.79 Å². The molecule has 0 aliphatic carbocycles. The fourth-order valence-corrected chi connectivity index (χ4v) is 2.31. The molecule has 0 saturated heterocycles. The minimum Gasteiger partial charge on any atom is -0.497 e. The quantitative estimate of drug-likeness (QED) is 0.875. The van der Waals surface area contributed by atoms with Crippen molar-refractivity contribution in [1.82, 2.24) is 5.32 Å². The molecule has 0 heterocycles. The van der Waals surface area contributed by atoms with Crippen LogP contribution >= 0.6 is 0 Å². The highest BCUT2D eigenvalue weighted by atomic mass is 16.5. The van der Waals surface area contributed by atoms with Crippen LogP contribution in [0.2, 0.25) is 0 Å². The summed E-state index contributed by atoms with van der Waals surface area (Å²) in [6, 6.07) is 10.2. The average Bonchev–Trinajstić information content (AvgIpc) is 2.46. The molecule has 106 valence electrons. The van der Waals surface area contributed by atoms with Gasteiger partial charge >= 0.3 is 0 Å². The SMILES string of the molecule is COc1ccc2cc(CN)cc(CCNC(C)=O)c2c1. The minimum atomic E-state index is -0.0122. The van der Waals surface area contributed by atoms with Crippen LogP contribution in [0, 0.1) is 0 Å². The molecule has 4 nitrogen and oxygen atoms in total. The Kier molecular flexibility index (Phi) is 4.58. The molecule has 0 aliphatic heterocycles. The molecule has 0 fully saturated rings. The molecule has 20 heavy (non-hydrogen) atoms. The zero-order chi connectivity index (χ0) is 14.5. The van der Waals surface area contributed by atoms with Gasteiger partial charge in [0.2, 0.25) is 5.91 Å². The normalized spacial score (nSPS) is 10.6. The van der Waals surface area contributed by atoms with Gasteiger partial charge in [-0.1, -0.05) is 12.1 Å². The first kappa shape index (κ1) is 14.3. The van der Waals surface area contributed by atoms with Crippen molar-refractivity contribution in [1.29, 1.82) is 0 Å². The summed E-state index contributed by atoms with van der Waals surface area (Å²) in [4.78, 5) is 11.0. The molecule has 3 N–H and O–H groups in total. The predicted molar refractivity (Wildman–Crippen MR) is 80.8 cm³/mol. The molecular weight excluding hydrogens is 252 g/mol. The molecule has 0 radical (unpaired) electrons. The summed E-state index contributed by atoms with van der Waals surface area (Å²) in [7, 11) is 1.66. The van der Waals surface area contributed by atoms with Gasteiger partial charge in [-0.05, 0) is 46.5 Å². The van der Waals surface area contributed by atoms with Crippen LogP contribution in [0.15, 0.2) is 30.3 Å². The summed E-state index contributed by atoms with van der Waals surface area (Å²) >= 11 is 0. The lowest BCUT2D eigenvalue weighted by Crippen LogP contribution is -2.22. The molecule has 0 bridgehead atoms.